The normalized spacial score (nSPS) is 17.2. The number of H-pyrrole nitrogens is 1. The van der Waals surface area contributed by atoms with Crippen LogP contribution in [0.1, 0.15) is 74.4 Å². The van der Waals surface area contributed by atoms with Crippen molar-refractivity contribution in [3.63, 3.8) is 0 Å². The number of nitrogens with one attached hydrogen (secondary N) is 1. The quantitative estimate of drug-likeness (QED) is 0.354. The van der Waals surface area contributed by atoms with Crippen molar-refractivity contribution in [3.05, 3.63) is 75.2 Å². The molecule has 4 heterocycles. The summed E-state index contributed by atoms with van der Waals surface area (Å²) in [7, 11) is 0. The summed E-state index contributed by atoms with van der Waals surface area (Å²) in [6.45, 7) is 12.3. The first kappa shape index (κ1) is 25.4. The van der Waals surface area contributed by atoms with Crippen LogP contribution in [0.25, 0.3) is 10.9 Å². The van der Waals surface area contributed by atoms with Gasteiger partial charge in [0, 0.05) is 24.2 Å². The third-order valence-corrected chi connectivity index (χ3v) is 7.72. The van der Waals surface area contributed by atoms with Crippen molar-refractivity contribution < 1.29 is 9.15 Å². The van der Waals surface area contributed by atoms with E-state index in [1.165, 1.54) is 5.56 Å². The predicted octanol–water partition coefficient (Wildman–Crippen LogP) is 4.64. The summed E-state index contributed by atoms with van der Waals surface area (Å²) in [5.74, 6) is 1.44. The van der Waals surface area contributed by atoms with Crippen molar-refractivity contribution in [2.45, 2.75) is 78.1 Å². The van der Waals surface area contributed by atoms with Gasteiger partial charge in [0.1, 0.15) is 11.8 Å². The van der Waals surface area contributed by atoms with Crippen LogP contribution in [0.2, 0.25) is 0 Å². The minimum Gasteiger partial charge on any atom is -0.468 e. The van der Waals surface area contributed by atoms with Gasteiger partial charge in [-0.2, -0.15) is 0 Å². The molecule has 3 aromatic heterocycles. The highest BCUT2D eigenvalue weighted by atomic mass is 16.5. The second-order valence-electron chi connectivity index (χ2n) is 10.7. The number of aromatic nitrogens is 5. The molecule has 9 heteroatoms. The van der Waals surface area contributed by atoms with Crippen LogP contribution in [0.3, 0.4) is 0 Å². The zero-order valence-electron chi connectivity index (χ0n) is 22.3. The first-order chi connectivity index (χ1) is 17.8. The van der Waals surface area contributed by atoms with E-state index in [9.17, 15) is 4.79 Å². The van der Waals surface area contributed by atoms with Gasteiger partial charge in [-0.05, 0) is 104 Å². The van der Waals surface area contributed by atoms with Crippen LogP contribution >= 0.6 is 0 Å². The smallest absolute Gasteiger partial charge is 0.253 e. The highest BCUT2D eigenvalue weighted by Gasteiger charge is 2.36. The van der Waals surface area contributed by atoms with E-state index in [0.717, 1.165) is 48.1 Å². The fourth-order valence-electron chi connectivity index (χ4n) is 5.06. The van der Waals surface area contributed by atoms with Gasteiger partial charge in [0.2, 0.25) is 0 Å². The van der Waals surface area contributed by atoms with Crippen molar-refractivity contribution in [1.29, 1.82) is 0 Å². The Hall–Kier alpha value is -3.30. The lowest BCUT2D eigenvalue weighted by Crippen LogP contribution is -2.41. The first-order valence-corrected chi connectivity index (χ1v) is 13.1. The molecule has 0 radical (unpaired) electrons. The SMILES string of the molecule is CCC(C)(C)n1nnnc1[C@H](c1cc2cc(C)c(C)cc2[nH]c1=O)N(Cc1ccco1)C[C@@H]1CCCO1. The predicted molar refractivity (Wildman–Crippen MR) is 141 cm³/mol. The molecular weight excluding hydrogens is 468 g/mol. The average molecular weight is 505 g/mol. The number of hydrogen-bond donors (Lipinski definition) is 1. The molecule has 0 aliphatic carbocycles. The van der Waals surface area contributed by atoms with Gasteiger partial charge in [0.05, 0.1) is 24.5 Å². The fourth-order valence-corrected chi connectivity index (χ4v) is 5.06. The van der Waals surface area contributed by atoms with E-state index in [4.69, 9.17) is 9.15 Å². The molecule has 196 valence electrons. The van der Waals surface area contributed by atoms with Crippen LogP contribution in [0.5, 0.6) is 0 Å². The van der Waals surface area contributed by atoms with Crippen molar-refractivity contribution >= 4 is 10.9 Å². The van der Waals surface area contributed by atoms with Crippen molar-refractivity contribution in [2.75, 3.05) is 13.2 Å². The van der Waals surface area contributed by atoms with Crippen molar-refractivity contribution in [2.24, 2.45) is 0 Å². The highest BCUT2D eigenvalue weighted by Crippen LogP contribution is 2.33. The molecular formula is C28H36N6O3. The molecule has 1 aliphatic heterocycles. The van der Waals surface area contributed by atoms with Gasteiger partial charge in [-0.3, -0.25) is 9.69 Å². The minimum atomic E-state index is -0.509. The van der Waals surface area contributed by atoms with E-state index < -0.39 is 6.04 Å². The summed E-state index contributed by atoms with van der Waals surface area (Å²) in [5, 5.41) is 14.0. The number of hydrogen-bond acceptors (Lipinski definition) is 7. The van der Waals surface area contributed by atoms with Gasteiger partial charge in [-0.25, -0.2) is 4.68 Å². The monoisotopic (exact) mass is 504 g/mol. The Labute approximate surface area is 216 Å². The number of aromatic amines is 1. The van der Waals surface area contributed by atoms with E-state index in [0.29, 0.717) is 24.5 Å². The fraction of sp³-hybridized carbons (Fsp3) is 0.500. The third-order valence-electron chi connectivity index (χ3n) is 7.72. The van der Waals surface area contributed by atoms with Gasteiger partial charge in [-0.15, -0.1) is 5.10 Å². The maximum Gasteiger partial charge on any atom is 0.253 e. The van der Waals surface area contributed by atoms with Gasteiger partial charge in [0.25, 0.3) is 5.56 Å². The van der Waals surface area contributed by atoms with Crippen LogP contribution in [-0.4, -0.2) is 49.3 Å². The van der Waals surface area contributed by atoms with E-state index in [1.807, 2.05) is 28.9 Å². The number of aryl methyl sites for hydroxylation is 2. The van der Waals surface area contributed by atoms with E-state index in [-0.39, 0.29) is 17.2 Å². The summed E-state index contributed by atoms with van der Waals surface area (Å²) >= 11 is 0. The summed E-state index contributed by atoms with van der Waals surface area (Å²) in [4.78, 5) is 19.1. The summed E-state index contributed by atoms with van der Waals surface area (Å²) in [6.07, 6.45) is 4.56. The topological polar surface area (TPSA) is 102 Å². The number of furan rings is 1. The molecule has 0 unspecified atom stereocenters. The number of nitrogens with zero attached hydrogens (tertiary/aromatic N) is 5. The van der Waals surface area contributed by atoms with Gasteiger partial charge in [0.15, 0.2) is 5.82 Å². The standard InChI is InChI=1S/C28H36N6O3/c1-6-28(4,5)34-26(30-31-32-34)25(23-15-20-13-18(2)19(3)14-24(20)29-27(23)35)33(16-21-9-7-11-36-21)17-22-10-8-12-37-22/h7,9,11,13-15,22,25H,6,8,10,12,16-17H2,1-5H3,(H,29,35)/t22-,25-/m0/s1. The van der Waals surface area contributed by atoms with Crippen LogP contribution in [-0.2, 0) is 16.8 Å². The zero-order chi connectivity index (χ0) is 26.2. The average Bonchev–Trinajstić information content (AvgIpc) is 3.64. The minimum absolute atomic E-state index is 0.0606. The van der Waals surface area contributed by atoms with Crippen molar-refractivity contribution in [1.82, 2.24) is 30.1 Å². The lowest BCUT2D eigenvalue weighted by molar-refractivity contribution is 0.0534. The largest absolute Gasteiger partial charge is 0.468 e. The Balaban J connectivity index is 1.71. The molecule has 0 spiro atoms. The molecule has 0 amide bonds. The van der Waals surface area contributed by atoms with E-state index in [2.05, 4.69) is 66.1 Å². The third kappa shape index (κ3) is 5.10. The lowest BCUT2D eigenvalue weighted by Gasteiger charge is -2.34. The molecule has 1 aromatic carbocycles. The maximum absolute atomic E-state index is 13.7. The summed E-state index contributed by atoms with van der Waals surface area (Å²) in [6, 6.07) is 9.47. The van der Waals surface area contributed by atoms with Gasteiger partial charge < -0.3 is 14.1 Å². The maximum atomic E-state index is 13.7. The lowest BCUT2D eigenvalue weighted by atomic mass is 9.98. The zero-order valence-corrected chi connectivity index (χ0v) is 22.3. The summed E-state index contributed by atoms with van der Waals surface area (Å²) < 4.78 is 13.7. The van der Waals surface area contributed by atoms with Crippen molar-refractivity contribution in [3.8, 4) is 0 Å². The Kier molecular flexibility index (Phi) is 7.00. The highest BCUT2D eigenvalue weighted by molar-refractivity contribution is 5.81. The molecule has 1 saturated heterocycles. The molecule has 0 bridgehead atoms. The molecule has 1 fully saturated rings. The molecule has 1 aliphatic rings. The number of benzene rings is 1. The molecule has 9 nitrogen and oxygen atoms in total. The number of ether oxygens (including phenoxy) is 1. The Morgan fingerprint density at radius 1 is 1.24 bits per heavy atom. The van der Waals surface area contributed by atoms with Crippen LogP contribution in [0.4, 0.5) is 0 Å². The van der Waals surface area contributed by atoms with E-state index >= 15 is 0 Å². The number of fused-ring (bicyclic) bond motifs is 1. The molecule has 5 rings (SSSR count). The van der Waals surface area contributed by atoms with Gasteiger partial charge in [-0.1, -0.05) is 6.92 Å². The Bertz CT molecular complexity index is 1420. The first-order valence-electron chi connectivity index (χ1n) is 13.1. The number of rotatable bonds is 9. The second-order valence-corrected chi connectivity index (χ2v) is 10.7. The van der Waals surface area contributed by atoms with Gasteiger partial charge >= 0.3 is 0 Å². The van der Waals surface area contributed by atoms with E-state index in [1.54, 1.807) is 6.26 Å². The number of tetrazole rings is 1. The summed E-state index contributed by atoms with van der Waals surface area (Å²) in [5.41, 5.74) is 3.24. The molecule has 37 heavy (non-hydrogen) atoms. The second kappa shape index (κ2) is 10.2. The molecule has 2 atom stereocenters. The van der Waals surface area contributed by atoms with Crippen LogP contribution in [0.15, 0.2) is 45.8 Å². The molecule has 0 saturated carbocycles. The number of pyridine rings is 1. The Morgan fingerprint density at radius 3 is 2.76 bits per heavy atom. The molecule has 4 aromatic rings. The van der Waals surface area contributed by atoms with Crippen LogP contribution < -0.4 is 5.56 Å². The molecule has 1 N–H and O–H groups in total. The Morgan fingerprint density at radius 2 is 2.05 bits per heavy atom. The van der Waals surface area contributed by atoms with Crippen LogP contribution in [0, 0.1) is 13.8 Å².